The largest absolute Gasteiger partial charge is 0.401 e. The molecule has 7 heteroatoms. The number of β-amino-alcohol motifs (C(OH)–C–C–N with tert-alkyl or cyclic N) is 1. The van der Waals surface area contributed by atoms with E-state index in [9.17, 15) is 18.3 Å². The lowest BCUT2D eigenvalue weighted by Gasteiger charge is -2.46. The third kappa shape index (κ3) is 2.97. The Morgan fingerprint density at radius 3 is 2.65 bits per heavy atom. The molecule has 17 heavy (non-hydrogen) atoms. The highest BCUT2D eigenvalue weighted by Gasteiger charge is 2.47. The smallest absolute Gasteiger partial charge is 0.381 e. The number of pyridine rings is 1. The molecule has 0 atom stereocenters. The van der Waals surface area contributed by atoms with Crippen LogP contribution in [-0.4, -0.2) is 40.8 Å². The first kappa shape index (κ1) is 12.8. The molecule has 0 amide bonds. The number of hydrogen-bond donors (Lipinski definition) is 1. The third-order valence-corrected chi connectivity index (χ3v) is 3.07. The van der Waals surface area contributed by atoms with E-state index >= 15 is 0 Å². The first-order valence-corrected chi connectivity index (χ1v) is 5.71. The quantitative estimate of drug-likeness (QED) is 0.906. The number of rotatable bonds is 2. The van der Waals surface area contributed by atoms with Gasteiger partial charge >= 0.3 is 6.18 Å². The Bertz CT molecular complexity index is 418. The van der Waals surface area contributed by atoms with Crippen molar-refractivity contribution in [2.24, 2.45) is 0 Å². The van der Waals surface area contributed by atoms with Gasteiger partial charge in [0.15, 0.2) is 0 Å². The Labute approximate surface area is 104 Å². The van der Waals surface area contributed by atoms with Crippen molar-refractivity contribution in [3.8, 4) is 0 Å². The summed E-state index contributed by atoms with van der Waals surface area (Å²) in [5, 5.41) is 10.1. The number of aromatic nitrogens is 1. The van der Waals surface area contributed by atoms with Gasteiger partial charge in [-0.25, -0.2) is 0 Å². The lowest BCUT2D eigenvalue weighted by molar-refractivity contribution is -0.189. The summed E-state index contributed by atoms with van der Waals surface area (Å²) in [5.74, 6) is 0. The number of likely N-dealkylation sites (tertiary alicyclic amines) is 1. The molecule has 1 aliphatic rings. The molecule has 1 saturated heterocycles. The van der Waals surface area contributed by atoms with E-state index in [2.05, 4.69) is 20.9 Å². The summed E-state index contributed by atoms with van der Waals surface area (Å²) in [5.41, 5.74) is -0.875. The predicted octanol–water partition coefficient (Wildman–Crippen LogP) is 1.91. The molecule has 0 unspecified atom stereocenters. The molecule has 0 spiro atoms. The number of nitrogens with zero attached hydrogens (tertiary/aromatic N) is 2. The van der Waals surface area contributed by atoms with Gasteiger partial charge in [-0.05, 0) is 12.1 Å². The summed E-state index contributed by atoms with van der Waals surface area (Å²) >= 11 is 3.23. The Morgan fingerprint density at radius 1 is 1.47 bits per heavy atom. The first-order valence-electron chi connectivity index (χ1n) is 4.92. The van der Waals surface area contributed by atoms with Gasteiger partial charge in [-0.2, -0.15) is 13.2 Å². The molecular formula is C10H10BrF3N2O. The molecule has 0 bridgehead atoms. The fourth-order valence-corrected chi connectivity index (χ4v) is 2.22. The van der Waals surface area contributed by atoms with Crippen molar-refractivity contribution in [2.45, 2.75) is 11.8 Å². The van der Waals surface area contributed by atoms with Gasteiger partial charge in [0.2, 0.25) is 0 Å². The average molecular weight is 311 g/mol. The average Bonchev–Trinajstić information content (AvgIpc) is 2.12. The maximum absolute atomic E-state index is 12.1. The maximum atomic E-state index is 12.1. The highest BCUT2D eigenvalue weighted by atomic mass is 79.9. The summed E-state index contributed by atoms with van der Waals surface area (Å²) in [7, 11) is 0. The van der Waals surface area contributed by atoms with Crippen molar-refractivity contribution in [1.82, 2.24) is 9.88 Å². The van der Waals surface area contributed by atoms with Gasteiger partial charge in [-0.15, -0.1) is 0 Å². The van der Waals surface area contributed by atoms with Gasteiger partial charge < -0.3 is 5.11 Å². The van der Waals surface area contributed by atoms with Crippen LogP contribution in [0.2, 0.25) is 0 Å². The summed E-state index contributed by atoms with van der Waals surface area (Å²) < 4.78 is 37.0. The molecule has 94 valence electrons. The van der Waals surface area contributed by atoms with E-state index in [0.717, 1.165) is 9.37 Å². The Hall–Kier alpha value is -0.660. The molecule has 0 aliphatic carbocycles. The van der Waals surface area contributed by atoms with Crippen molar-refractivity contribution >= 4 is 15.9 Å². The lowest BCUT2D eigenvalue weighted by Crippen LogP contribution is -2.61. The molecule has 1 aromatic heterocycles. The van der Waals surface area contributed by atoms with E-state index in [1.807, 2.05) is 0 Å². The number of hydrogen-bond acceptors (Lipinski definition) is 3. The Morgan fingerprint density at radius 2 is 2.12 bits per heavy atom. The Balaban J connectivity index is 2.01. The summed E-state index contributed by atoms with van der Waals surface area (Å²) in [4.78, 5) is 5.12. The molecular weight excluding hydrogens is 301 g/mol. The zero-order chi connectivity index (χ0) is 12.7. The second kappa shape index (κ2) is 4.22. The molecule has 1 aliphatic heterocycles. The molecule has 1 N–H and O–H groups in total. The van der Waals surface area contributed by atoms with E-state index < -0.39 is 18.3 Å². The van der Waals surface area contributed by atoms with E-state index in [-0.39, 0.29) is 13.1 Å². The minimum absolute atomic E-state index is 0.0457. The highest BCUT2D eigenvalue weighted by molar-refractivity contribution is 9.10. The van der Waals surface area contributed by atoms with Crippen LogP contribution in [0.1, 0.15) is 5.69 Å². The van der Waals surface area contributed by atoms with Crippen LogP contribution in [0.5, 0.6) is 0 Å². The van der Waals surface area contributed by atoms with Crippen molar-refractivity contribution in [3.05, 3.63) is 28.5 Å². The van der Waals surface area contributed by atoms with Crippen molar-refractivity contribution < 1.29 is 18.3 Å². The minimum atomic E-state index is -4.23. The van der Waals surface area contributed by atoms with Crippen molar-refractivity contribution in [3.63, 3.8) is 0 Å². The number of aliphatic hydroxyl groups is 1. The van der Waals surface area contributed by atoms with Crippen LogP contribution in [0.15, 0.2) is 22.8 Å². The number of halogens is 4. The molecule has 0 radical (unpaired) electrons. The molecule has 1 fully saturated rings. The van der Waals surface area contributed by atoms with Gasteiger partial charge in [0.1, 0.15) is 5.60 Å². The maximum Gasteiger partial charge on any atom is 0.401 e. The number of alkyl halides is 3. The van der Waals surface area contributed by atoms with Crippen LogP contribution >= 0.6 is 15.9 Å². The van der Waals surface area contributed by atoms with Gasteiger partial charge in [0, 0.05) is 23.8 Å². The van der Waals surface area contributed by atoms with Crippen LogP contribution in [0, 0.1) is 0 Å². The highest BCUT2D eigenvalue weighted by Crippen LogP contribution is 2.33. The van der Waals surface area contributed by atoms with Crippen LogP contribution in [-0.2, 0) is 5.60 Å². The van der Waals surface area contributed by atoms with E-state index in [4.69, 9.17) is 0 Å². The summed E-state index contributed by atoms with van der Waals surface area (Å²) in [6.07, 6.45) is -2.73. The fraction of sp³-hybridized carbons (Fsp3) is 0.500. The van der Waals surface area contributed by atoms with Crippen molar-refractivity contribution in [1.29, 1.82) is 0 Å². The molecule has 0 aromatic carbocycles. The molecule has 2 heterocycles. The predicted molar refractivity (Wildman–Crippen MR) is 58.3 cm³/mol. The van der Waals surface area contributed by atoms with Crippen molar-refractivity contribution in [2.75, 3.05) is 19.6 Å². The SMILES string of the molecule is OC1(c2cc(Br)ccn2)CN(CC(F)(F)F)C1. The normalized spacial score (nSPS) is 20.1. The first-order chi connectivity index (χ1) is 7.78. The van der Waals surface area contributed by atoms with E-state index in [0.29, 0.717) is 5.69 Å². The Kier molecular flexibility index (Phi) is 3.17. The van der Waals surface area contributed by atoms with Gasteiger partial charge in [-0.1, -0.05) is 15.9 Å². The van der Waals surface area contributed by atoms with Crippen LogP contribution in [0.4, 0.5) is 13.2 Å². The summed E-state index contributed by atoms with van der Waals surface area (Å²) in [6, 6.07) is 3.31. The van der Waals surface area contributed by atoms with E-state index in [1.165, 1.54) is 6.20 Å². The topological polar surface area (TPSA) is 36.4 Å². The molecule has 0 saturated carbocycles. The van der Waals surface area contributed by atoms with Gasteiger partial charge in [-0.3, -0.25) is 9.88 Å². The molecule has 3 nitrogen and oxygen atoms in total. The molecule has 1 aromatic rings. The van der Waals surface area contributed by atoms with E-state index in [1.54, 1.807) is 12.1 Å². The summed E-state index contributed by atoms with van der Waals surface area (Å²) in [6.45, 7) is -1.09. The van der Waals surface area contributed by atoms with Gasteiger partial charge in [0.25, 0.3) is 0 Å². The lowest BCUT2D eigenvalue weighted by atomic mass is 9.90. The minimum Gasteiger partial charge on any atom is -0.381 e. The van der Waals surface area contributed by atoms with Crippen LogP contribution in [0.25, 0.3) is 0 Å². The zero-order valence-corrected chi connectivity index (χ0v) is 10.3. The zero-order valence-electron chi connectivity index (χ0n) is 8.71. The molecule has 2 rings (SSSR count). The second-order valence-corrected chi connectivity index (χ2v) is 5.07. The fourth-order valence-electron chi connectivity index (χ4n) is 1.88. The second-order valence-electron chi connectivity index (χ2n) is 4.15. The standard InChI is InChI=1S/C10H10BrF3N2O/c11-7-1-2-15-8(3-7)9(17)4-16(5-9)6-10(12,13)14/h1-3,17H,4-6H2. The van der Waals surface area contributed by atoms with Crippen LogP contribution < -0.4 is 0 Å². The van der Waals surface area contributed by atoms with Gasteiger partial charge in [0.05, 0.1) is 12.2 Å². The monoisotopic (exact) mass is 310 g/mol. The van der Waals surface area contributed by atoms with Crippen LogP contribution in [0.3, 0.4) is 0 Å². The third-order valence-electron chi connectivity index (χ3n) is 2.57.